The summed E-state index contributed by atoms with van der Waals surface area (Å²) in [6, 6.07) is 3.85. The zero-order valence-corrected chi connectivity index (χ0v) is 12.3. The fraction of sp³-hybridized carbons (Fsp3) is 0.400. The molecule has 7 heteroatoms. The highest BCUT2D eigenvalue weighted by molar-refractivity contribution is 5.62. The molecular formula is C15H18N6O. The number of nitrogen functional groups attached to an aromatic ring is 1. The van der Waals surface area contributed by atoms with Gasteiger partial charge in [-0.2, -0.15) is 5.10 Å². The van der Waals surface area contributed by atoms with Gasteiger partial charge in [0, 0.05) is 24.4 Å². The van der Waals surface area contributed by atoms with E-state index in [0.717, 1.165) is 62.0 Å². The maximum absolute atomic E-state index is 5.76. The molecule has 0 amide bonds. The van der Waals surface area contributed by atoms with Gasteiger partial charge in [0.05, 0.1) is 37.3 Å². The Morgan fingerprint density at radius 2 is 2.23 bits per heavy atom. The van der Waals surface area contributed by atoms with Crippen LogP contribution in [0.5, 0.6) is 0 Å². The van der Waals surface area contributed by atoms with Crippen LogP contribution in [-0.2, 0) is 17.8 Å². The molecule has 0 bridgehead atoms. The van der Waals surface area contributed by atoms with Crippen molar-refractivity contribution in [1.82, 2.24) is 19.7 Å². The Kier molecular flexibility index (Phi) is 3.17. The third-order valence-electron chi connectivity index (χ3n) is 4.01. The van der Waals surface area contributed by atoms with Crippen molar-refractivity contribution in [1.29, 1.82) is 0 Å². The largest absolute Gasteiger partial charge is 0.501 e. The number of ether oxygens (including phenoxy) is 1. The highest BCUT2D eigenvalue weighted by Crippen LogP contribution is 2.24. The topological polar surface area (TPSA) is 82.1 Å². The summed E-state index contributed by atoms with van der Waals surface area (Å²) < 4.78 is 7.36. The average molecular weight is 298 g/mol. The lowest BCUT2D eigenvalue weighted by molar-refractivity contribution is 0.235. The van der Waals surface area contributed by atoms with E-state index in [1.165, 1.54) is 0 Å². The summed E-state index contributed by atoms with van der Waals surface area (Å²) in [5, 5.41) is 4.27. The molecule has 0 saturated heterocycles. The molecule has 0 spiro atoms. The van der Waals surface area contributed by atoms with Gasteiger partial charge in [-0.1, -0.05) is 0 Å². The predicted molar refractivity (Wildman–Crippen MR) is 82.9 cm³/mol. The van der Waals surface area contributed by atoms with Crippen LogP contribution in [0.2, 0.25) is 0 Å². The van der Waals surface area contributed by atoms with Gasteiger partial charge in [-0.15, -0.1) is 0 Å². The van der Waals surface area contributed by atoms with Gasteiger partial charge >= 0.3 is 0 Å². The van der Waals surface area contributed by atoms with Crippen LogP contribution in [0.1, 0.15) is 24.2 Å². The zero-order valence-electron chi connectivity index (χ0n) is 12.3. The van der Waals surface area contributed by atoms with Crippen LogP contribution in [0, 0.1) is 0 Å². The Hall–Kier alpha value is -2.57. The molecule has 2 aliphatic rings. The van der Waals surface area contributed by atoms with Gasteiger partial charge in [-0.25, -0.2) is 9.97 Å². The third-order valence-corrected chi connectivity index (χ3v) is 4.01. The molecule has 0 atom stereocenters. The van der Waals surface area contributed by atoms with Crippen LogP contribution in [-0.4, -0.2) is 32.9 Å². The predicted octanol–water partition coefficient (Wildman–Crippen LogP) is 1.43. The number of hydrogen-bond donors (Lipinski definition) is 1. The number of allylic oxidation sites excluding steroid dienone is 1. The molecule has 4 rings (SSSR count). The second kappa shape index (κ2) is 5.32. The summed E-state index contributed by atoms with van der Waals surface area (Å²) in [5.74, 6) is 1.31. The van der Waals surface area contributed by atoms with E-state index in [-0.39, 0.29) is 0 Å². The van der Waals surface area contributed by atoms with Crippen molar-refractivity contribution in [2.45, 2.75) is 25.9 Å². The SMILES string of the molecule is Nc1cc2n(n1)CCN(c1nccc(C3=COCCC3)n1)C2. The molecule has 22 heavy (non-hydrogen) atoms. The average Bonchev–Trinajstić information content (AvgIpc) is 2.95. The molecule has 0 unspecified atom stereocenters. The Morgan fingerprint density at radius 1 is 1.27 bits per heavy atom. The van der Waals surface area contributed by atoms with Crippen LogP contribution in [0.25, 0.3) is 5.57 Å². The second-order valence-corrected chi connectivity index (χ2v) is 5.56. The van der Waals surface area contributed by atoms with Crippen molar-refractivity contribution in [2.75, 3.05) is 23.8 Å². The highest BCUT2D eigenvalue weighted by atomic mass is 16.5. The molecule has 0 fully saturated rings. The fourth-order valence-corrected chi connectivity index (χ4v) is 2.89. The smallest absolute Gasteiger partial charge is 0.226 e. The monoisotopic (exact) mass is 298 g/mol. The normalized spacial score (nSPS) is 17.6. The van der Waals surface area contributed by atoms with E-state index in [2.05, 4.69) is 15.0 Å². The molecule has 2 aliphatic heterocycles. The van der Waals surface area contributed by atoms with Gasteiger partial charge in [-0.3, -0.25) is 4.68 Å². The first-order chi connectivity index (χ1) is 10.8. The van der Waals surface area contributed by atoms with Gasteiger partial charge in [0.2, 0.25) is 5.95 Å². The first kappa shape index (κ1) is 13.1. The first-order valence-electron chi connectivity index (χ1n) is 7.51. The molecule has 2 N–H and O–H groups in total. The van der Waals surface area contributed by atoms with Crippen molar-refractivity contribution >= 4 is 17.3 Å². The van der Waals surface area contributed by atoms with Crippen LogP contribution < -0.4 is 10.6 Å². The maximum atomic E-state index is 5.76. The van der Waals surface area contributed by atoms with E-state index in [9.17, 15) is 0 Å². The van der Waals surface area contributed by atoms with Gasteiger partial charge < -0.3 is 15.4 Å². The second-order valence-electron chi connectivity index (χ2n) is 5.56. The van der Waals surface area contributed by atoms with Crippen molar-refractivity contribution in [3.8, 4) is 0 Å². The minimum atomic E-state index is 0.566. The Labute approximate surface area is 128 Å². The molecule has 4 heterocycles. The summed E-state index contributed by atoms with van der Waals surface area (Å²) in [6.45, 7) is 3.14. The Morgan fingerprint density at radius 3 is 3.09 bits per heavy atom. The zero-order chi connectivity index (χ0) is 14.9. The lowest BCUT2D eigenvalue weighted by Gasteiger charge is -2.27. The number of hydrogen-bond acceptors (Lipinski definition) is 6. The molecule has 0 radical (unpaired) electrons. The van der Waals surface area contributed by atoms with Crippen molar-refractivity contribution in [2.24, 2.45) is 0 Å². The summed E-state index contributed by atoms with van der Waals surface area (Å²) in [6.07, 6.45) is 5.67. The van der Waals surface area contributed by atoms with Crippen molar-refractivity contribution in [3.05, 3.63) is 36.0 Å². The van der Waals surface area contributed by atoms with Crippen LogP contribution in [0.15, 0.2) is 24.6 Å². The van der Waals surface area contributed by atoms with Gasteiger partial charge in [-0.05, 0) is 18.9 Å². The number of aromatic nitrogens is 4. The molecule has 0 aromatic carbocycles. The highest BCUT2D eigenvalue weighted by Gasteiger charge is 2.20. The molecule has 0 saturated carbocycles. The standard InChI is InChI=1S/C15H18N6O/c16-14-8-12-9-20(5-6-21(12)19-14)15-17-4-3-13(18-15)11-2-1-7-22-10-11/h3-4,8,10H,1-2,5-7,9H2,(H2,16,19). The third kappa shape index (κ3) is 2.38. The summed E-state index contributed by atoms with van der Waals surface area (Å²) in [4.78, 5) is 11.3. The van der Waals surface area contributed by atoms with Crippen LogP contribution in [0.3, 0.4) is 0 Å². The Bertz CT molecular complexity index is 723. The molecule has 2 aromatic heterocycles. The first-order valence-corrected chi connectivity index (χ1v) is 7.51. The molecular weight excluding hydrogens is 280 g/mol. The lowest BCUT2D eigenvalue weighted by atomic mass is 10.1. The van der Waals surface area contributed by atoms with E-state index < -0.39 is 0 Å². The van der Waals surface area contributed by atoms with Crippen molar-refractivity contribution in [3.63, 3.8) is 0 Å². The van der Waals surface area contributed by atoms with E-state index in [1.54, 1.807) is 0 Å². The van der Waals surface area contributed by atoms with E-state index >= 15 is 0 Å². The van der Waals surface area contributed by atoms with E-state index in [0.29, 0.717) is 5.82 Å². The van der Waals surface area contributed by atoms with Crippen LogP contribution in [0.4, 0.5) is 11.8 Å². The number of rotatable bonds is 2. The minimum Gasteiger partial charge on any atom is -0.501 e. The fourth-order valence-electron chi connectivity index (χ4n) is 2.89. The Balaban J connectivity index is 1.59. The summed E-state index contributed by atoms with van der Waals surface area (Å²) in [5.41, 5.74) is 8.94. The van der Waals surface area contributed by atoms with E-state index in [4.69, 9.17) is 15.5 Å². The number of anilines is 2. The van der Waals surface area contributed by atoms with Gasteiger partial charge in [0.25, 0.3) is 0 Å². The van der Waals surface area contributed by atoms with Crippen molar-refractivity contribution < 1.29 is 4.74 Å². The summed E-state index contributed by atoms with van der Waals surface area (Å²) >= 11 is 0. The maximum Gasteiger partial charge on any atom is 0.226 e. The van der Waals surface area contributed by atoms with Gasteiger partial charge in [0.1, 0.15) is 5.82 Å². The molecule has 7 nitrogen and oxygen atoms in total. The number of nitrogens with two attached hydrogens (primary N) is 1. The summed E-state index contributed by atoms with van der Waals surface area (Å²) in [7, 11) is 0. The minimum absolute atomic E-state index is 0.566. The lowest BCUT2D eigenvalue weighted by Crippen LogP contribution is -2.35. The number of fused-ring (bicyclic) bond motifs is 1. The molecule has 114 valence electrons. The number of nitrogens with zero attached hydrogens (tertiary/aromatic N) is 5. The molecule has 2 aromatic rings. The van der Waals surface area contributed by atoms with Gasteiger partial charge in [0.15, 0.2) is 0 Å². The van der Waals surface area contributed by atoms with Crippen LogP contribution >= 0.6 is 0 Å². The molecule has 0 aliphatic carbocycles. The van der Waals surface area contributed by atoms with E-state index in [1.807, 2.05) is 29.3 Å². The quantitative estimate of drug-likeness (QED) is 0.903.